The zero-order valence-corrected chi connectivity index (χ0v) is 21.4. The number of amides is 3. The van der Waals surface area contributed by atoms with Crippen LogP contribution in [0.5, 0.6) is 0 Å². The third kappa shape index (κ3) is 8.25. The highest BCUT2D eigenvalue weighted by atomic mass is 32.2. The summed E-state index contributed by atoms with van der Waals surface area (Å²) in [6, 6.07) is 0.491. The summed E-state index contributed by atoms with van der Waals surface area (Å²) in [7, 11) is -3.79. The molecule has 1 fully saturated rings. The summed E-state index contributed by atoms with van der Waals surface area (Å²) >= 11 is 1.97. The minimum atomic E-state index is -3.79. The first-order chi connectivity index (χ1) is 15.9. The van der Waals surface area contributed by atoms with Crippen molar-refractivity contribution < 1.29 is 32.7 Å². The minimum absolute atomic E-state index is 0.00106. The second-order valence-electron chi connectivity index (χ2n) is 8.36. The van der Waals surface area contributed by atoms with Crippen molar-refractivity contribution in [1.82, 2.24) is 14.9 Å². The van der Waals surface area contributed by atoms with Crippen LogP contribution in [-0.4, -0.2) is 78.3 Å². The fourth-order valence-corrected chi connectivity index (χ4v) is 6.52. The first-order valence-electron chi connectivity index (χ1n) is 10.6. The lowest BCUT2D eigenvalue weighted by Gasteiger charge is -2.39. The number of piperidine rings is 1. The molecule has 1 aromatic rings. The van der Waals surface area contributed by atoms with E-state index in [9.17, 15) is 27.6 Å². The molecule has 0 spiro atoms. The Morgan fingerprint density at radius 1 is 1.29 bits per heavy atom. The van der Waals surface area contributed by atoms with Gasteiger partial charge in [0.1, 0.15) is 16.3 Å². The first-order valence-corrected chi connectivity index (χ1v) is 14.2. The molecule has 3 unspecified atom stereocenters. The number of nitrogens with zero attached hydrogens (tertiary/aromatic N) is 1. The number of hydrogen-bond donors (Lipinski definition) is 4. The molecule has 1 saturated heterocycles. The number of sulfonamides is 1. The van der Waals surface area contributed by atoms with Crippen LogP contribution >= 0.6 is 23.1 Å². The Hall–Kier alpha value is -2.16. The molecule has 1 aliphatic rings. The van der Waals surface area contributed by atoms with E-state index in [1.165, 1.54) is 11.0 Å². The molecule has 34 heavy (non-hydrogen) atoms. The Labute approximate surface area is 206 Å². The van der Waals surface area contributed by atoms with Gasteiger partial charge in [-0.2, -0.15) is 0 Å². The van der Waals surface area contributed by atoms with Gasteiger partial charge in [-0.3, -0.25) is 19.2 Å². The van der Waals surface area contributed by atoms with Crippen LogP contribution in [0.4, 0.5) is 0 Å². The van der Waals surface area contributed by atoms with Crippen LogP contribution < -0.4 is 15.8 Å². The average Bonchev–Trinajstić information content (AvgIpc) is 3.28. The molecule has 1 aliphatic heterocycles. The fourth-order valence-electron chi connectivity index (χ4n) is 3.61. The van der Waals surface area contributed by atoms with Crippen LogP contribution in [0.15, 0.2) is 21.7 Å². The molecule has 5 N–H and O–H groups in total. The van der Waals surface area contributed by atoms with Gasteiger partial charge in [-0.05, 0) is 36.6 Å². The first kappa shape index (κ1) is 28.1. The Morgan fingerprint density at radius 3 is 2.56 bits per heavy atom. The molecule has 0 aliphatic carbocycles. The molecule has 2 heterocycles. The second-order valence-corrected chi connectivity index (χ2v) is 12.2. The van der Waals surface area contributed by atoms with Crippen molar-refractivity contribution in [3.8, 4) is 0 Å². The zero-order chi connectivity index (χ0) is 25.5. The van der Waals surface area contributed by atoms with Gasteiger partial charge in [-0.1, -0.05) is 19.9 Å². The number of aliphatic carboxylic acids is 1. The highest BCUT2D eigenvalue weighted by Crippen LogP contribution is 2.23. The fraction of sp³-hybridized carbons (Fsp3) is 0.600. The van der Waals surface area contributed by atoms with Gasteiger partial charge in [-0.25, -0.2) is 13.1 Å². The van der Waals surface area contributed by atoms with Gasteiger partial charge in [0.2, 0.25) is 27.7 Å². The summed E-state index contributed by atoms with van der Waals surface area (Å²) in [4.78, 5) is 49.8. The van der Waals surface area contributed by atoms with Crippen molar-refractivity contribution in [3.63, 3.8) is 0 Å². The Kier molecular flexibility index (Phi) is 10.3. The van der Waals surface area contributed by atoms with Crippen molar-refractivity contribution in [2.75, 3.05) is 18.1 Å². The maximum atomic E-state index is 13.1. The lowest BCUT2D eigenvalue weighted by Crippen LogP contribution is -2.60. The number of nitrogens with one attached hydrogen (secondary N) is 2. The van der Waals surface area contributed by atoms with Crippen LogP contribution in [-0.2, 0) is 29.2 Å². The lowest BCUT2D eigenvalue weighted by molar-refractivity contribution is -0.141. The number of carboxylic acids is 1. The van der Waals surface area contributed by atoms with Gasteiger partial charge >= 0.3 is 5.97 Å². The topological polar surface area (TPSA) is 176 Å². The van der Waals surface area contributed by atoms with Crippen LogP contribution in [0.1, 0.15) is 33.1 Å². The molecule has 1 aromatic heterocycles. The van der Waals surface area contributed by atoms with Crippen molar-refractivity contribution in [1.29, 1.82) is 0 Å². The van der Waals surface area contributed by atoms with Gasteiger partial charge in [0.05, 0.1) is 11.5 Å². The third-order valence-electron chi connectivity index (χ3n) is 5.13. The molecule has 0 saturated carbocycles. The average molecular weight is 535 g/mol. The molecular formula is C20H30N4O7S3. The van der Waals surface area contributed by atoms with Crippen molar-refractivity contribution in [2.24, 2.45) is 11.7 Å². The molecule has 14 heteroatoms. The molecule has 3 amide bonds. The summed E-state index contributed by atoms with van der Waals surface area (Å²) in [5.41, 5.74) is 5.43. The van der Waals surface area contributed by atoms with Crippen LogP contribution in [0.2, 0.25) is 0 Å². The van der Waals surface area contributed by atoms with Gasteiger partial charge in [0, 0.05) is 12.6 Å². The number of carbonyl (C=O) groups excluding carboxylic acids is 3. The van der Waals surface area contributed by atoms with Gasteiger partial charge in [-0.15, -0.1) is 23.1 Å². The summed E-state index contributed by atoms with van der Waals surface area (Å²) in [6.45, 7) is 3.83. The summed E-state index contributed by atoms with van der Waals surface area (Å²) in [5, 5.41) is 13.0. The van der Waals surface area contributed by atoms with E-state index in [1.807, 2.05) is 13.8 Å². The summed E-state index contributed by atoms with van der Waals surface area (Å²) in [6.07, 6.45) is 0.582. The number of rotatable bonds is 12. The number of carbonyl (C=O) groups is 4. The van der Waals surface area contributed by atoms with Crippen molar-refractivity contribution in [2.45, 2.75) is 55.4 Å². The van der Waals surface area contributed by atoms with E-state index in [1.54, 1.807) is 11.4 Å². The Balaban J connectivity index is 2.19. The molecule has 0 bridgehead atoms. The van der Waals surface area contributed by atoms with Gasteiger partial charge in [0.25, 0.3) is 0 Å². The molecular weight excluding hydrogens is 504 g/mol. The van der Waals surface area contributed by atoms with Crippen LogP contribution in [0, 0.1) is 5.92 Å². The van der Waals surface area contributed by atoms with Crippen LogP contribution in [0.3, 0.4) is 0 Å². The van der Waals surface area contributed by atoms with Gasteiger partial charge in [0.15, 0.2) is 0 Å². The molecule has 0 radical (unpaired) electrons. The Morgan fingerprint density at radius 2 is 2.00 bits per heavy atom. The monoisotopic (exact) mass is 534 g/mol. The number of primary amides is 1. The smallest absolute Gasteiger partial charge is 0.313 e. The number of nitrogens with two attached hydrogens (primary N) is 1. The lowest BCUT2D eigenvalue weighted by atomic mass is 9.96. The molecule has 11 nitrogen and oxygen atoms in total. The van der Waals surface area contributed by atoms with E-state index in [0.717, 1.165) is 23.1 Å². The maximum absolute atomic E-state index is 13.1. The number of thiophene rings is 1. The van der Waals surface area contributed by atoms with Crippen molar-refractivity contribution in [3.05, 3.63) is 17.5 Å². The minimum Gasteiger partial charge on any atom is -0.481 e. The number of likely N-dealkylation sites (tertiary alicyclic amines) is 1. The SMILES string of the molecule is CC(C)CC(NC(=O)C1CC(NS(=O)(=O)c2cccs2)CCN1C(=O)CSCC(=O)O)C(N)=O. The number of thioether (sulfide) groups is 1. The zero-order valence-electron chi connectivity index (χ0n) is 18.9. The highest BCUT2D eigenvalue weighted by Gasteiger charge is 2.38. The van der Waals surface area contributed by atoms with E-state index in [0.29, 0.717) is 6.42 Å². The molecule has 2 rings (SSSR count). The molecule has 3 atom stereocenters. The standard InChI is InChI=1S/C20H30N4O7S3/c1-12(2)8-14(19(21)28)22-20(29)15-9-13(23-34(30,31)18-4-3-7-33-18)5-6-24(15)16(25)10-32-11-17(26)27/h3-4,7,12-15,23H,5-6,8-11H2,1-2H3,(H2,21,28)(H,22,29)(H,26,27). The second kappa shape index (κ2) is 12.5. The predicted molar refractivity (Wildman–Crippen MR) is 129 cm³/mol. The third-order valence-corrected chi connectivity index (χ3v) is 8.95. The molecule has 190 valence electrons. The van der Waals surface area contributed by atoms with Crippen molar-refractivity contribution >= 4 is 56.8 Å². The normalized spacial score (nSPS) is 19.6. The van der Waals surface area contributed by atoms with E-state index in [2.05, 4.69) is 10.0 Å². The Bertz CT molecular complexity index is 982. The quantitative estimate of drug-likeness (QED) is 0.294. The van der Waals surface area contributed by atoms with E-state index in [4.69, 9.17) is 10.8 Å². The van der Waals surface area contributed by atoms with E-state index >= 15 is 0 Å². The van der Waals surface area contributed by atoms with E-state index < -0.39 is 51.8 Å². The highest BCUT2D eigenvalue weighted by molar-refractivity contribution is 8.00. The number of carboxylic acid groups (broad SMARTS) is 1. The van der Waals surface area contributed by atoms with Gasteiger partial charge < -0.3 is 21.1 Å². The maximum Gasteiger partial charge on any atom is 0.313 e. The number of hydrogen-bond acceptors (Lipinski definition) is 8. The predicted octanol–water partition coefficient (Wildman–Crippen LogP) is 0.220. The van der Waals surface area contributed by atoms with Crippen LogP contribution in [0.25, 0.3) is 0 Å². The van der Waals surface area contributed by atoms with E-state index in [-0.39, 0.29) is 41.0 Å². The summed E-state index contributed by atoms with van der Waals surface area (Å²) < 4.78 is 28.0. The molecule has 0 aromatic carbocycles. The largest absolute Gasteiger partial charge is 0.481 e. The summed E-state index contributed by atoms with van der Waals surface area (Å²) in [5.74, 6) is -3.16.